The van der Waals surface area contributed by atoms with Crippen LogP contribution >= 0.6 is 0 Å². The number of nitrogens with two attached hydrogens (primary N) is 1. The number of likely N-dealkylation sites (tertiary alicyclic amines) is 1. The summed E-state index contributed by atoms with van der Waals surface area (Å²) in [5.41, 5.74) is 4.70. The predicted octanol–water partition coefficient (Wildman–Crippen LogP) is 1.31. The van der Waals surface area contributed by atoms with Crippen LogP contribution in [0.15, 0.2) is 0 Å². The van der Waals surface area contributed by atoms with Crippen LogP contribution in [0.3, 0.4) is 0 Å². The molecule has 28 heavy (non-hydrogen) atoms. The molecular weight excluding hydrogens is 358 g/mol. The lowest BCUT2D eigenvalue weighted by atomic mass is 9.84. The molecule has 3 amide bonds. The number of rotatable bonds is 7. The summed E-state index contributed by atoms with van der Waals surface area (Å²) in [4.78, 5) is 29.0. The Morgan fingerprint density at radius 2 is 2.00 bits per heavy atom. The van der Waals surface area contributed by atoms with Crippen molar-refractivity contribution in [3.05, 3.63) is 0 Å². The van der Waals surface area contributed by atoms with Crippen molar-refractivity contribution >= 4 is 11.9 Å². The highest BCUT2D eigenvalue weighted by atomic mass is 16.5. The van der Waals surface area contributed by atoms with Crippen LogP contribution in [0.1, 0.15) is 46.5 Å². The third-order valence-corrected chi connectivity index (χ3v) is 5.80. The second-order valence-corrected chi connectivity index (χ2v) is 8.43. The van der Waals surface area contributed by atoms with Crippen molar-refractivity contribution < 1.29 is 14.3 Å². The van der Waals surface area contributed by atoms with E-state index in [1.165, 1.54) is 0 Å². The molecule has 0 bridgehead atoms. The van der Waals surface area contributed by atoms with Gasteiger partial charge in [-0.05, 0) is 38.1 Å². The number of urea groups is 1. The number of piperidine rings is 1. The van der Waals surface area contributed by atoms with Crippen molar-refractivity contribution in [2.24, 2.45) is 17.6 Å². The maximum Gasteiger partial charge on any atom is 0.315 e. The summed E-state index contributed by atoms with van der Waals surface area (Å²) in [6.07, 6.45) is 2.91. The summed E-state index contributed by atoms with van der Waals surface area (Å²) < 4.78 is 5.56. The number of hydrogen-bond acceptors (Lipinski definition) is 5. The summed E-state index contributed by atoms with van der Waals surface area (Å²) in [5, 5.41) is 12.9. The Kier molecular flexibility index (Phi) is 8.08. The van der Waals surface area contributed by atoms with E-state index in [1.54, 1.807) is 4.90 Å². The number of nitrogens with one attached hydrogen (secondary N) is 1. The largest absolute Gasteiger partial charge is 0.377 e. The van der Waals surface area contributed by atoms with Gasteiger partial charge in [-0.1, -0.05) is 20.8 Å². The van der Waals surface area contributed by atoms with Crippen molar-refractivity contribution in [2.75, 3.05) is 39.4 Å². The highest BCUT2D eigenvalue weighted by molar-refractivity contribution is 5.82. The summed E-state index contributed by atoms with van der Waals surface area (Å²) in [6, 6.07) is 1.43. The average molecular weight is 394 g/mol. The van der Waals surface area contributed by atoms with E-state index in [0.717, 1.165) is 26.1 Å². The molecule has 2 saturated heterocycles. The van der Waals surface area contributed by atoms with Crippen LogP contribution in [0.2, 0.25) is 0 Å². The SMILES string of the molecule is CCCN1CCC(C#N)(NC(=O)C(CC(C)C)C2COCCN2C(N)=O)CC1. The molecule has 0 spiro atoms. The molecule has 0 saturated carbocycles. The first-order chi connectivity index (χ1) is 13.3. The van der Waals surface area contributed by atoms with Crippen molar-refractivity contribution in [3.63, 3.8) is 0 Å². The molecule has 2 atom stereocenters. The third-order valence-electron chi connectivity index (χ3n) is 5.80. The fraction of sp³-hybridized carbons (Fsp3) is 0.850. The van der Waals surface area contributed by atoms with Crippen LogP contribution < -0.4 is 11.1 Å². The van der Waals surface area contributed by atoms with Gasteiger partial charge >= 0.3 is 6.03 Å². The van der Waals surface area contributed by atoms with E-state index >= 15 is 0 Å². The maximum absolute atomic E-state index is 13.3. The molecule has 2 unspecified atom stereocenters. The lowest BCUT2D eigenvalue weighted by Crippen LogP contribution is -2.61. The van der Waals surface area contributed by atoms with E-state index in [9.17, 15) is 14.9 Å². The molecular formula is C20H35N5O3. The molecule has 0 aromatic rings. The van der Waals surface area contributed by atoms with Crippen molar-refractivity contribution in [3.8, 4) is 6.07 Å². The van der Waals surface area contributed by atoms with Gasteiger partial charge in [-0.3, -0.25) is 4.79 Å². The van der Waals surface area contributed by atoms with Gasteiger partial charge in [0.05, 0.1) is 31.2 Å². The fourth-order valence-electron chi connectivity index (χ4n) is 4.24. The number of nitriles is 1. The number of hydrogen-bond donors (Lipinski definition) is 2. The summed E-state index contributed by atoms with van der Waals surface area (Å²) in [7, 11) is 0. The number of morpholine rings is 1. The highest BCUT2D eigenvalue weighted by Crippen LogP contribution is 2.27. The van der Waals surface area contributed by atoms with Gasteiger partial charge in [-0.2, -0.15) is 5.26 Å². The topological polar surface area (TPSA) is 112 Å². The van der Waals surface area contributed by atoms with Gasteiger partial charge in [0, 0.05) is 19.6 Å². The van der Waals surface area contributed by atoms with Crippen LogP contribution in [0.25, 0.3) is 0 Å². The number of ether oxygens (including phenoxy) is 1. The summed E-state index contributed by atoms with van der Waals surface area (Å²) >= 11 is 0. The Morgan fingerprint density at radius 3 is 2.54 bits per heavy atom. The Hall–Kier alpha value is -1.85. The molecule has 2 aliphatic rings. The first-order valence-electron chi connectivity index (χ1n) is 10.4. The van der Waals surface area contributed by atoms with Crippen LogP contribution in [0, 0.1) is 23.2 Å². The second kappa shape index (κ2) is 10.1. The number of amides is 3. The highest BCUT2D eigenvalue weighted by Gasteiger charge is 2.42. The Balaban J connectivity index is 2.14. The van der Waals surface area contributed by atoms with Crippen LogP contribution in [0.4, 0.5) is 4.79 Å². The predicted molar refractivity (Wildman–Crippen MR) is 106 cm³/mol. The Morgan fingerprint density at radius 1 is 1.32 bits per heavy atom. The van der Waals surface area contributed by atoms with E-state index < -0.39 is 23.5 Å². The minimum atomic E-state index is -0.844. The molecule has 8 nitrogen and oxygen atoms in total. The third kappa shape index (κ3) is 5.58. The van der Waals surface area contributed by atoms with Crippen LogP contribution in [0.5, 0.6) is 0 Å². The smallest absolute Gasteiger partial charge is 0.315 e. The first kappa shape index (κ1) is 22.4. The zero-order valence-electron chi connectivity index (χ0n) is 17.4. The molecule has 2 aliphatic heterocycles. The fourth-order valence-corrected chi connectivity index (χ4v) is 4.24. The molecule has 2 heterocycles. The molecule has 0 aliphatic carbocycles. The second-order valence-electron chi connectivity index (χ2n) is 8.43. The van der Waals surface area contributed by atoms with Gasteiger partial charge in [0.25, 0.3) is 0 Å². The van der Waals surface area contributed by atoms with Crippen LogP contribution in [-0.2, 0) is 9.53 Å². The zero-order valence-corrected chi connectivity index (χ0v) is 17.4. The average Bonchev–Trinajstić information content (AvgIpc) is 2.67. The minimum absolute atomic E-state index is 0.180. The van der Waals surface area contributed by atoms with Gasteiger partial charge < -0.3 is 25.6 Å². The number of nitrogens with zero attached hydrogens (tertiary/aromatic N) is 3. The molecule has 0 aromatic carbocycles. The number of primary amides is 1. The van der Waals surface area contributed by atoms with Crippen LogP contribution in [-0.4, -0.2) is 72.7 Å². The molecule has 2 fully saturated rings. The van der Waals surface area contributed by atoms with E-state index in [1.807, 2.05) is 13.8 Å². The molecule has 0 aromatic heterocycles. The molecule has 0 radical (unpaired) electrons. The van der Waals surface area contributed by atoms with Gasteiger partial charge in [-0.25, -0.2) is 4.79 Å². The van der Waals surface area contributed by atoms with Gasteiger partial charge in [0.2, 0.25) is 5.91 Å². The van der Waals surface area contributed by atoms with Crippen molar-refractivity contribution in [1.29, 1.82) is 5.26 Å². The lowest BCUT2D eigenvalue weighted by Gasteiger charge is -2.42. The van der Waals surface area contributed by atoms with E-state index in [-0.39, 0.29) is 18.4 Å². The quantitative estimate of drug-likeness (QED) is 0.677. The minimum Gasteiger partial charge on any atom is -0.377 e. The van der Waals surface area contributed by atoms with Crippen molar-refractivity contribution in [2.45, 2.75) is 58.0 Å². The Labute approximate surface area is 168 Å². The number of carbonyl (C=O) groups excluding carboxylic acids is 2. The van der Waals surface area contributed by atoms with E-state index in [4.69, 9.17) is 10.5 Å². The zero-order chi connectivity index (χ0) is 20.7. The monoisotopic (exact) mass is 393 g/mol. The summed E-state index contributed by atoms with van der Waals surface area (Å²) in [6.45, 7) is 9.94. The molecule has 3 N–H and O–H groups in total. The van der Waals surface area contributed by atoms with E-state index in [2.05, 4.69) is 23.2 Å². The maximum atomic E-state index is 13.3. The van der Waals surface area contributed by atoms with E-state index in [0.29, 0.717) is 32.4 Å². The summed E-state index contributed by atoms with van der Waals surface area (Å²) in [5.74, 6) is -0.371. The van der Waals surface area contributed by atoms with Gasteiger partial charge in [0.15, 0.2) is 0 Å². The van der Waals surface area contributed by atoms with Crippen molar-refractivity contribution in [1.82, 2.24) is 15.1 Å². The molecule has 2 rings (SSSR count). The number of carbonyl (C=O) groups is 2. The molecule has 158 valence electrons. The molecule has 8 heteroatoms. The normalized spacial score (nSPS) is 23.8. The van der Waals surface area contributed by atoms with Gasteiger partial charge in [-0.15, -0.1) is 0 Å². The first-order valence-corrected chi connectivity index (χ1v) is 10.4. The lowest BCUT2D eigenvalue weighted by molar-refractivity contribution is -0.132. The Bertz CT molecular complexity index is 581. The van der Waals surface area contributed by atoms with Gasteiger partial charge in [0.1, 0.15) is 5.54 Å². The standard InChI is InChI=1S/C20H35N5O3/c1-4-7-24-8-5-20(14-21,6-9-24)23-18(26)16(12-15(2)3)17-13-28-11-10-25(17)19(22)27/h15-17H,4-13H2,1-3H3,(H2,22,27)(H,23,26).